The molecule has 0 aromatic heterocycles. The van der Waals surface area contributed by atoms with Gasteiger partial charge in [0.15, 0.2) is 8.07 Å². The van der Waals surface area contributed by atoms with Crippen LogP contribution in [0, 0.1) is 34.9 Å². The molecular weight excluding hydrogens is 647 g/mol. The average molecular weight is 673 g/mol. The number of rotatable bonds is 7. The molecule has 7 heteroatoms. The third-order valence-corrected chi connectivity index (χ3v) is 13.7. The van der Waals surface area contributed by atoms with E-state index < -0.39 is 43.0 Å². The minimum Gasteiger partial charge on any atom is -0.207 e. The van der Waals surface area contributed by atoms with E-state index in [4.69, 9.17) is 0 Å². The lowest BCUT2D eigenvalue weighted by Crippen LogP contribution is -2.76. The number of benzene rings is 7. The van der Waals surface area contributed by atoms with Crippen molar-refractivity contribution in [3.63, 3.8) is 0 Å². The molecule has 0 amide bonds. The lowest BCUT2D eigenvalue weighted by atomic mass is 10.0. The van der Waals surface area contributed by atoms with Gasteiger partial charge in [0.2, 0.25) is 0 Å². The van der Waals surface area contributed by atoms with Crippen molar-refractivity contribution in [2.75, 3.05) is 0 Å². The third-order valence-electron chi connectivity index (χ3n) is 8.90. The highest BCUT2D eigenvalue weighted by Crippen LogP contribution is 2.28. The Hall–Kier alpha value is -5.66. The highest BCUT2D eigenvalue weighted by molar-refractivity contribution is 7.20. The molecule has 7 aromatic rings. The maximum absolute atomic E-state index is 16.2. The average Bonchev–Trinajstić information content (AvgIpc) is 3.11. The summed E-state index contributed by atoms with van der Waals surface area (Å²) in [7, 11) is -3.94. The van der Waals surface area contributed by atoms with Gasteiger partial charge in [-0.1, -0.05) is 121 Å². The van der Waals surface area contributed by atoms with Crippen molar-refractivity contribution in [3.05, 3.63) is 193 Å². The zero-order chi connectivity index (χ0) is 34.1. The zero-order valence-corrected chi connectivity index (χ0v) is 26.8. The van der Waals surface area contributed by atoms with Gasteiger partial charge in [-0.2, -0.15) is 0 Å². The standard InChI is InChI=1S/C42H26F6Si/c43-34-9-4-10-35(44)40(34)29-17-23-32(24-18-29)49(42-38(47)13-6-14-39(42)48,31-21-15-28(16-22-31)27-7-2-1-3-8-27)33-25-19-30(20-26-33)41-36(45)11-5-12-37(41)46/h1-26H. The molecule has 0 N–H and O–H groups in total. The molecular formula is C42H26F6Si. The summed E-state index contributed by atoms with van der Waals surface area (Å²) in [5.74, 6) is -4.53. The molecule has 0 aliphatic rings. The van der Waals surface area contributed by atoms with Crippen LogP contribution in [-0.4, -0.2) is 8.07 Å². The van der Waals surface area contributed by atoms with E-state index in [-0.39, 0.29) is 27.4 Å². The second kappa shape index (κ2) is 13.1. The van der Waals surface area contributed by atoms with Crippen molar-refractivity contribution < 1.29 is 26.3 Å². The predicted molar refractivity (Wildman–Crippen MR) is 186 cm³/mol. The first-order valence-electron chi connectivity index (χ1n) is 15.5. The van der Waals surface area contributed by atoms with E-state index in [0.717, 1.165) is 35.4 Å². The van der Waals surface area contributed by atoms with Crippen molar-refractivity contribution in [3.8, 4) is 33.4 Å². The Balaban J connectivity index is 1.51. The Morgan fingerprint density at radius 3 is 0.939 bits per heavy atom. The maximum atomic E-state index is 16.2. The van der Waals surface area contributed by atoms with Crippen LogP contribution in [0.1, 0.15) is 0 Å². The summed E-state index contributed by atoms with van der Waals surface area (Å²) < 4.78 is 91.7. The number of halogens is 6. The quantitative estimate of drug-likeness (QED) is 0.0902. The largest absolute Gasteiger partial charge is 0.207 e. The summed E-state index contributed by atoms with van der Waals surface area (Å²) in [6.07, 6.45) is 0. The first kappa shape index (κ1) is 31.9. The van der Waals surface area contributed by atoms with Crippen LogP contribution < -0.4 is 20.7 Å². The van der Waals surface area contributed by atoms with Crippen molar-refractivity contribution in [1.82, 2.24) is 0 Å². The fourth-order valence-corrected chi connectivity index (χ4v) is 11.4. The molecule has 7 aromatic carbocycles. The molecule has 0 aliphatic carbocycles. The lowest BCUT2D eigenvalue weighted by molar-refractivity contribution is 0.589. The van der Waals surface area contributed by atoms with Crippen LogP contribution in [0.3, 0.4) is 0 Å². The Bertz CT molecular complexity index is 2110. The van der Waals surface area contributed by atoms with Gasteiger partial charge in [-0.25, -0.2) is 26.3 Å². The van der Waals surface area contributed by atoms with Crippen molar-refractivity contribution >= 4 is 28.8 Å². The topological polar surface area (TPSA) is 0 Å². The zero-order valence-electron chi connectivity index (χ0n) is 25.8. The summed E-state index contributed by atoms with van der Waals surface area (Å²) in [5.41, 5.74) is 1.90. The van der Waals surface area contributed by atoms with Gasteiger partial charge in [0.25, 0.3) is 0 Å². The molecule has 0 aliphatic heterocycles. The van der Waals surface area contributed by atoms with Crippen molar-refractivity contribution in [2.45, 2.75) is 0 Å². The van der Waals surface area contributed by atoms with Gasteiger partial charge in [0.05, 0.1) is 11.1 Å². The fraction of sp³-hybridized carbons (Fsp3) is 0. The molecule has 0 bridgehead atoms. The highest BCUT2D eigenvalue weighted by Gasteiger charge is 2.45. The van der Waals surface area contributed by atoms with E-state index in [1.54, 1.807) is 48.5 Å². The molecule has 0 heterocycles. The minimum absolute atomic E-state index is 0.155. The SMILES string of the molecule is Fc1cccc(F)c1-c1ccc([Si](c2ccc(-c3ccccc3)cc2)(c2ccc(-c3c(F)cccc3F)cc2)c2c(F)cccc2F)cc1. The predicted octanol–water partition coefficient (Wildman–Crippen LogP) is 8.90. The van der Waals surface area contributed by atoms with E-state index in [2.05, 4.69) is 0 Å². The normalized spacial score (nSPS) is 11.5. The van der Waals surface area contributed by atoms with Crippen LogP contribution in [0.5, 0.6) is 0 Å². The molecule has 0 unspecified atom stereocenters. The van der Waals surface area contributed by atoms with Gasteiger partial charge < -0.3 is 0 Å². The fourth-order valence-electron chi connectivity index (χ4n) is 6.65. The van der Waals surface area contributed by atoms with Crippen LogP contribution in [-0.2, 0) is 0 Å². The first-order valence-corrected chi connectivity index (χ1v) is 17.5. The molecule has 240 valence electrons. The lowest BCUT2D eigenvalue weighted by Gasteiger charge is -2.35. The van der Waals surface area contributed by atoms with E-state index in [1.807, 2.05) is 54.6 Å². The van der Waals surface area contributed by atoms with Crippen molar-refractivity contribution in [1.29, 1.82) is 0 Å². The van der Waals surface area contributed by atoms with Gasteiger partial charge in [0.1, 0.15) is 34.9 Å². The Kier molecular flexibility index (Phi) is 8.53. The van der Waals surface area contributed by atoms with E-state index in [1.165, 1.54) is 30.3 Å². The van der Waals surface area contributed by atoms with Gasteiger partial charge in [-0.3, -0.25) is 0 Å². The molecule has 0 saturated heterocycles. The molecule has 0 radical (unpaired) electrons. The monoisotopic (exact) mass is 672 g/mol. The summed E-state index contributed by atoms with van der Waals surface area (Å²) in [4.78, 5) is 0. The second-order valence-corrected chi connectivity index (χ2v) is 15.4. The maximum Gasteiger partial charge on any atom is 0.186 e. The molecule has 7 rings (SSSR count). The summed E-state index contributed by atoms with van der Waals surface area (Å²) >= 11 is 0. The molecule has 0 nitrogen and oxygen atoms in total. The van der Waals surface area contributed by atoms with Gasteiger partial charge in [-0.05, 0) is 74.2 Å². The highest BCUT2D eigenvalue weighted by atomic mass is 28.3. The second-order valence-electron chi connectivity index (χ2n) is 11.6. The molecule has 0 saturated carbocycles. The summed E-state index contributed by atoms with van der Waals surface area (Å²) in [6.45, 7) is 0. The van der Waals surface area contributed by atoms with Crippen LogP contribution in [0.4, 0.5) is 26.3 Å². The van der Waals surface area contributed by atoms with Crippen LogP contribution >= 0.6 is 0 Å². The van der Waals surface area contributed by atoms with E-state index in [9.17, 15) is 17.6 Å². The van der Waals surface area contributed by atoms with Crippen LogP contribution in [0.2, 0.25) is 0 Å². The van der Waals surface area contributed by atoms with Crippen LogP contribution in [0.25, 0.3) is 33.4 Å². The minimum atomic E-state index is -3.94. The Labute approximate surface area is 280 Å². The van der Waals surface area contributed by atoms with Gasteiger partial charge >= 0.3 is 0 Å². The number of hydrogen-bond donors (Lipinski definition) is 0. The molecule has 49 heavy (non-hydrogen) atoms. The summed E-state index contributed by atoms with van der Waals surface area (Å²) in [5, 5.41) is 1.51. The molecule has 0 atom stereocenters. The third kappa shape index (κ3) is 5.66. The molecule has 0 spiro atoms. The number of hydrogen-bond acceptors (Lipinski definition) is 0. The van der Waals surface area contributed by atoms with E-state index in [0.29, 0.717) is 15.6 Å². The van der Waals surface area contributed by atoms with Crippen molar-refractivity contribution in [2.24, 2.45) is 0 Å². The Morgan fingerprint density at radius 2 is 0.571 bits per heavy atom. The summed E-state index contributed by atoms with van der Waals surface area (Å²) in [6, 6.07) is 40.7. The first-order chi connectivity index (χ1) is 23.8. The van der Waals surface area contributed by atoms with Gasteiger partial charge in [0, 0.05) is 5.19 Å². The van der Waals surface area contributed by atoms with E-state index >= 15 is 8.78 Å². The van der Waals surface area contributed by atoms with Crippen LogP contribution in [0.15, 0.2) is 158 Å². The smallest absolute Gasteiger partial charge is 0.186 e. The Morgan fingerprint density at radius 1 is 0.265 bits per heavy atom. The molecule has 0 fully saturated rings. The van der Waals surface area contributed by atoms with Gasteiger partial charge in [-0.15, -0.1) is 0 Å².